The molecule has 0 fully saturated rings. The molecule has 0 aliphatic rings. The van der Waals surface area contributed by atoms with E-state index in [1.54, 1.807) is 0 Å². The average Bonchev–Trinajstić information content (AvgIpc) is 2.29. The van der Waals surface area contributed by atoms with Crippen LogP contribution in [0.3, 0.4) is 0 Å². The first kappa shape index (κ1) is 14.0. The third-order valence-electron chi connectivity index (χ3n) is 2.29. The van der Waals surface area contributed by atoms with Gasteiger partial charge in [-0.25, -0.2) is 0 Å². The van der Waals surface area contributed by atoms with E-state index in [1.165, 1.54) is 29.5 Å². The lowest BCUT2D eigenvalue weighted by Crippen LogP contribution is -1.83. The summed E-state index contributed by atoms with van der Waals surface area (Å²) in [5.74, 6) is 0. The lowest BCUT2D eigenvalue weighted by Gasteiger charge is -2.04. The standard InChI is InChI=1S/C13H18.C2H6/c1-4-5-6-12(3)13-9-7-11(2)8-10-13;1-2/h7-10H,3-6H2,1-2H3;1-2H3. The number of rotatable bonds is 4. The molecule has 0 N–H and O–H groups in total. The van der Waals surface area contributed by atoms with Gasteiger partial charge in [-0.15, -0.1) is 0 Å². The van der Waals surface area contributed by atoms with Crippen molar-refractivity contribution in [1.29, 1.82) is 0 Å². The highest BCUT2D eigenvalue weighted by Gasteiger charge is 1.97. The van der Waals surface area contributed by atoms with E-state index >= 15 is 0 Å². The largest absolute Gasteiger partial charge is 0.0952 e. The molecule has 0 nitrogen and oxygen atoms in total. The van der Waals surface area contributed by atoms with Gasteiger partial charge < -0.3 is 0 Å². The van der Waals surface area contributed by atoms with Gasteiger partial charge in [-0.2, -0.15) is 0 Å². The molecule has 0 radical (unpaired) electrons. The second-order valence-corrected chi connectivity index (χ2v) is 3.57. The summed E-state index contributed by atoms with van der Waals surface area (Å²) in [6.45, 7) is 12.4. The van der Waals surface area contributed by atoms with E-state index in [2.05, 4.69) is 44.7 Å². The molecule has 0 aromatic heterocycles. The van der Waals surface area contributed by atoms with E-state index in [9.17, 15) is 0 Å². The summed E-state index contributed by atoms with van der Waals surface area (Å²) in [6, 6.07) is 8.61. The zero-order valence-electron chi connectivity index (χ0n) is 10.6. The molecule has 0 heterocycles. The van der Waals surface area contributed by atoms with Gasteiger partial charge in [0.15, 0.2) is 0 Å². The van der Waals surface area contributed by atoms with Crippen LogP contribution in [-0.4, -0.2) is 0 Å². The molecule has 0 atom stereocenters. The van der Waals surface area contributed by atoms with Crippen LogP contribution in [0.2, 0.25) is 0 Å². The second-order valence-electron chi connectivity index (χ2n) is 3.57. The lowest BCUT2D eigenvalue weighted by atomic mass is 10.0. The highest BCUT2D eigenvalue weighted by molar-refractivity contribution is 5.63. The fourth-order valence-electron chi connectivity index (χ4n) is 1.32. The molecule has 0 saturated heterocycles. The first-order chi connectivity index (χ1) is 7.24. The zero-order chi connectivity index (χ0) is 11.7. The van der Waals surface area contributed by atoms with Gasteiger partial charge >= 0.3 is 0 Å². The van der Waals surface area contributed by atoms with Crippen LogP contribution in [0.4, 0.5) is 0 Å². The predicted octanol–water partition coefficient (Wildman–Crippen LogP) is 5.22. The molecule has 0 bridgehead atoms. The number of aryl methyl sites for hydroxylation is 1. The first-order valence-electron chi connectivity index (χ1n) is 5.99. The fourth-order valence-corrected chi connectivity index (χ4v) is 1.32. The Kier molecular flexibility index (Phi) is 7.71. The van der Waals surface area contributed by atoms with Gasteiger partial charge in [-0.05, 0) is 30.9 Å². The summed E-state index contributed by atoms with van der Waals surface area (Å²) in [4.78, 5) is 0. The average molecular weight is 204 g/mol. The molecule has 0 aliphatic carbocycles. The van der Waals surface area contributed by atoms with Crippen molar-refractivity contribution in [3.63, 3.8) is 0 Å². The Hall–Kier alpha value is -1.04. The quantitative estimate of drug-likeness (QED) is 0.630. The van der Waals surface area contributed by atoms with Crippen molar-refractivity contribution in [3.8, 4) is 0 Å². The summed E-state index contributed by atoms with van der Waals surface area (Å²) in [5.41, 5.74) is 3.87. The summed E-state index contributed by atoms with van der Waals surface area (Å²) < 4.78 is 0. The number of benzene rings is 1. The number of allylic oxidation sites excluding steroid dienone is 1. The number of hydrogen-bond donors (Lipinski definition) is 0. The van der Waals surface area contributed by atoms with Crippen LogP contribution in [0.25, 0.3) is 5.57 Å². The van der Waals surface area contributed by atoms with Crippen molar-refractivity contribution in [2.75, 3.05) is 0 Å². The molecule has 15 heavy (non-hydrogen) atoms. The first-order valence-corrected chi connectivity index (χ1v) is 5.99. The topological polar surface area (TPSA) is 0 Å². The number of hydrogen-bond acceptors (Lipinski definition) is 0. The van der Waals surface area contributed by atoms with Crippen LogP contribution in [0.1, 0.15) is 51.2 Å². The summed E-state index contributed by atoms with van der Waals surface area (Å²) in [6.07, 6.45) is 3.61. The molecule has 1 aromatic rings. The molecule has 1 aromatic carbocycles. The number of unbranched alkanes of at least 4 members (excludes halogenated alkanes) is 1. The third kappa shape index (κ3) is 5.41. The maximum atomic E-state index is 4.09. The highest BCUT2D eigenvalue weighted by atomic mass is 14.0. The van der Waals surface area contributed by atoms with E-state index in [1.807, 2.05) is 13.8 Å². The Morgan fingerprint density at radius 3 is 2.13 bits per heavy atom. The minimum Gasteiger partial charge on any atom is -0.0952 e. The molecule has 0 spiro atoms. The molecular weight excluding hydrogens is 180 g/mol. The van der Waals surface area contributed by atoms with E-state index in [-0.39, 0.29) is 0 Å². The van der Waals surface area contributed by atoms with Crippen LogP contribution in [0.15, 0.2) is 30.8 Å². The molecule has 0 aliphatic heterocycles. The molecule has 0 unspecified atom stereocenters. The van der Waals surface area contributed by atoms with Gasteiger partial charge in [0.2, 0.25) is 0 Å². The minimum atomic E-state index is 1.12. The second kappa shape index (κ2) is 8.28. The van der Waals surface area contributed by atoms with E-state index in [4.69, 9.17) is 0 Å². The maximum absolute atomic E-state index is 4.09. The maximum Gasteiger partial charge on any atom is -0.0230 e. The summed E-state index contributed by atoms with van der Waals surface area (Å²) in [7, 11) is 0. The monoisotopic (exact) mass is 204 g/mol. The van der Waals surface area contributed by atoms with Crippen molar-refractivity contribution in [2.45, 2.75) is 47.0 Å². The Morgan fingerprint density at radius 1 is 1.13 bits per heavy atom. The summed E-state index contributed by atoms with van der Waals surface area (Å²) in [5, 5.41) is 0. The molecule has 0 amide bonds. The highest BCUT2D eigenvalue weighted by Crippen LogP contribution is 2.18. The van der Waals surface area contributed by atoms with Gasteiger partial charge in [0, 0.05) is 0 Å². The van der Waals surface area contributed by atoms with Crippen molar-refractivity contribution in [2.24, 2.45) is 0 Å². The van der Waals surface area contributed by atoms with E-state index in [0.717, 1.165) is 6.42 Å². The third-order valence-corrected chi connectivity index (χ3v) is 2.29. The molecule has 0 heteroatoms. The van der Waals surface area contributed by atoms with Crippen LogP contribution in [0, 0.1) is 6.92 Å². The van der Waals surface area contributed by atoms with E-state index in [0.29, 0.717) is 0 Å². The zero-order valence-corrected chi connectivity index (χ0v) is 10.6. The summed E-state index contributed by atoms with van der Waals surface area (Å²) >= 11 is 0. The van der Waals surface area contributed by atoms with Crippen molar-refractivity contribution < 1.29 is 0 Å². The fraction of sp³-hybridized carbons (Fsp3) is 0.467. The Labute approximate surface area is 95.0 Å². The van der Waals surface area contributed by atoms with E-state index < -0.39 is 0 Å². The van der Waals surface area contributed by atoms with Crippen LogP contribution < -0.4 is 0 Å². The van der Waals surface area contributed by atoms with Crippen LogP contribution in [0.5, 0.6) is 0 Å². The van der Waals surface area contributed by atoms with Gasteiger partial charge in [-0.1, -0.05) is 63.6 Å². The van der Waals surface area contributed by atoms with Crippen LogP contribution >= 0.6 is 0 Å². The van der Waals surface area contributed by atoms with Crippen molar-refractivity contribution >= 4 is 5.57 Å². The van der Waals surface area contributed by atoms with Gasteiger partial charge in [0.1, 0.15) is 0 Å². The Balaban J connectivity index is 0.000000921. The predicted molar refractivity (Wildman–Crippen MR) is 71.1 cm³/mol. The molecule has 0 saturated carbocycles. The van der Waals surface area contributed by atoms with Gasteiger partial charge in [-0.3, -0.25) is 0 Å². The minimum absolute atomic E-state index is 1.12. The smallest absolute Gasteiger partial charge is 0.0230 e. The van der Waals surface area contributed by atoms with Gasteiger partial charge in [0.25, 0.3) is 0 Å². The Bertz CT molecular complexity index is 267. The molecule has 84 valence electrons. The SMILES string of the molecule is C=C(CCCC)c1ccc(C)cc1.CC. The normalized spacial score (nSPS) is 9.07. The van der Waals surface area contributed by atoms with Crippen LogP contribution in [-0.2, 0) is 0 Å². The lowest BCUT2D eigenvalue weighted by molar-refractivity contribution is 0.825. The molecule has 1 rings (SSSR count). The molecular formula is C15H24. The van der Waals surface area contributed by atoms with Gasteiger partial charge in [0.05, 0.1) is 0 Å². The Morgan fingerprint density at radius 2 is 1.67 bits per heavy atom. The van der Waals surface area contributed by atoms with Crippen molar-refractivity contribution in [1.82, 2.24) is 0 Å². The van der Waals surface area contributed by atoms with Crippen molar-refractivity contribution in [3.05, 3.63) is 42.0 Å².